The lowest BCUT2D eigenvalue weighted by Gasteiger charge is -2.27. The highest BCUT2D eigenvalue weighted by Crippen LogP contribution is 2.60. The van der Waals surface area contributed by atoms with Crippen LogP contribution in [0.1, 0.15) is 29.5 Å². The summed E-state index contributed by atoms with van der Waals surface area (Å²) in [5.74, 6) is 0.00596. The van der Waals surface area contributed by atoms with E-state index < -0.39 is 5.97 Å². The zero-order valence-electron chi connectivity index (χ0n) is 10.1. The minimum Gasteiger partial charge on any atom is -0.493 e. The molecule has 2 aliphatic rings. The second kappa shape index (κ2) is 3.25. The molecule has 1 aliphatic carbocycles. The molecule has 3 heteroatoms. The van der Waals surface area contributed by atoms with Crippen LogP contribution >= 0.6 is 0 Å². The summed E-state index contributed by atoms with van der Waals surface area (Å²) in [4.78, 5) is 11.2. The van der Waals surface area contributed by atoms with Gasteiger partial charge in [0.05, 0.1) is 12.5 Å². The van der Waals surface area contributed by atoms with Gasteiger partial charge in [0.2, 0.25) is 0 Å². The highest BCUT2D eigenvalue weighted by atomic mass is 16.5. The Morgan fingerprint density at radius 3 is 2.76 bits per heavy atom. The van der Waals surface area contributed by atoms with Crippen LogP contribution in [0.3, 0.4) is 0 Å². The monoisotopic (exact) mass is 232 g/mol. The molecular formula is C14H16O3. The molecule has 1 saturated carbocycles. The van der Waals surface area contributed by atoms with Crippen LogP contribution in [0.5, 0.6) is 5.75 Å². The molecule has 0 radical (unpaired) electrons. The van der Waals surface area contributed by atoms with Crippen molar-refractivity contribution < 1.29 is 14.6 Å². The number of ether oxygens (including phenoxy) is 1. The van der Waals surface area contributed by atoms with Crippen molar-refractivity contribution in [2.24, 2.45) is 5.92 Å². The third-order valence-electron chi connectivity index (χ3n) is 4.31. The van der Waals surface area contributed by atoms with E-state index in [-0.39, 0.29) is 11.3 Å². The Morgan fingerprint density at radius 2 is 2.12 bits per heavy atom. The van der Waals surface area contributed by atoms with Gasteiger partial charge in [-0.1, -0.05) is 6.07 Å². The van der Waals surface area contributed by atoms with Crippen molar-refractivity contribution in [3.8, 4) is 5.75 Å². The van der Waals surface area contributed by atoms with E-state index in [1.165, 1.54) is 11.1 Å². The second-order valence-electron chi connectivity index (χ2n) is 5.28. The molecule has 17 heavy (non-hydrogen) atoms. The number of carbonyl (C=O) groups is 1. The van der Waals surface area contributed by atoms with Crippen LogP contribution < -0.4 is 4.74 Å². The van der Waals surface area contributed by atoms with Gasteiger partial charge in [-0.2, -0.15) is 0 Å². The van der Waals surface area contributed by atoms with E-state index in [2.05, 4.69) is 19.9 Å². The van der Waals surface area contributed by atoms with E-state index in [0.29, 0.717) is 6.61 Å². The second-order valence-corrected chi connectivity index (χ2v) is 5.28. The van der Waals surface area contributed by atoms with Crippen LogP contribution in [0, 0.1) is 19.8 Å². The van der Waals surface area contributed by atoms with Gasteiger partial charge >= 0.3 is 5.97 Å². The van der Waals surface area contributed by atoms with Gasteiger partial charge in [-0.25, -0.2) is 0 Å². The van der Waals surface area contributed by atoms with Crippen LogP contribution in [0.25, 0.3) is 0 Å². The van der Waals surface area contributed by atoms with E-state index >= 15 is 0 Å². The average molecular weight is 232 g/mol. The number of aliphatic carboxylic acids is 1. The predicted molar refractivity (Wildman–Crippen MR) is 63.4 cm³/mol. The first kappa shape index (κ1) is 10.6. The summed E-state index contributed by atoms with van der Waals surface area (Å²) >= 11 is 0. The number of aryl methyl sites for hydroxylation is 2. The van der Waals surface area contributed by atoms with Crippen molar-refractivity contribution in [3.05, 3.63) is 28.8 Å². The lowest BCUT2D eigenvalue weighted by Crippen LogP contribution is -2.24. The van der Waals surface area contributed by atoms with Gasteiger partial charge in [-0.05, 0) is 43.9 Å². The van der Waals surface area contributed by atoms with Gasteiger partial charge in [-0.15, -0.1) is 0 Å². The predicted octanol–water partition coefficient (Wildman–Crippen LogP) is 2.43. The summed E-state index contributed by atoms with van der Waals surface area (Å²) < 4.78 is 5.67. The summed E-state index contributed by atoms with van der Waals surface area (Å²) in [6, 6.07) is 4.16. The first-order valence-corrected chi connectivity index (χ1v) is 6.02. The molecular weight excluding hydrogens is 216 g/mol. The molecule has 0 amide bonds. The first-order valence-electron chi connectivity index (χ1n) is 6.02. The largest absolute Gasteiger partial charge is 0.493 e. The van der Waals surface area contributed by atoms with Crippen molar-refractivity contribution in [2.45, 2.75) is 32.1 Å². The minimum absolute atomic E-state index is 0.141. The lowest BCUT2D eigenvalue weighted by molar-refractivity contribution is -0.139. The maximum Gasteiger partial charge on any atom is 0.307 e. The van der Waals surface area contributed by atoms with E-state index in [4.69, 9.17) is 4.74 Å². The van der Waals surface area contributed by atoms with Crippen LogP contribution in [-0.2, 0) is 10.2 Å². The smallest absolute Gasteiger partial charge is 0.307 e. The van der Waals surface area contributed by atoms with E-state index in [1.807, 2.05) is 6.07 Å². The van der Waals surface area contributed by atoms with Crippen molar-refractivity contribution in [3.63, 3.8) is 0 Å². The van der Waals surface area contributed by atoms with E-state index in [1.54, 1.807) is 0 Å². The van der Waals surface area contributed by atoms with Crippen molar-refractivity contribution in [1.82, 2.24) is 0 Å². The Labute approximate surface area is 100 Å². The van der Waals surface area contributed by atoms with Crippen LogP contribution in [0.2, 0.25) is 0 Å². The fraction of sp³-hybridized carbons (Fsp3) is 0.500. The Bertz CT molecular complexity index is 506. The first-order chi connectivity index (χ1) is 8.04. The normalized spacial score (nSPS) is 29.6. The molecule has 0 saturated heterocycles. The molecule has 1 spiro atoms. The number of hydrogen-bond donors (Lipinski definition) is 1. The summed E-state index contributed by atoms with van der Waals surface area (Å²) in [5, 5.41) is 9.18. The molecule has 3 nitrogen and oxygen atoms in total. The fourth-order valence-corrected chi connectivity index (χ4v) is 2.98. The average Bonchev–Trinajstić information content (AvgIpc) is 2.97. The molecule has 1 N–H and O–H groups in total. The van der Waals surface area contributed by atoms with Gasteiger partial charge in [0.25, 0.3) is 0 Å². The summed E-state index contributed by atoms with van der Waals surface area (Å²) in [5.41, 5.74) is 3.38. The molecule has 1 heterocycles. The maximum absolute atomic E-state index is 11.2. The van der Waals surface area contributed by atoms with Gasteiger partial charge in [-0.3, -0.25) is 4.79 Å². The summed E-state index contributed by atoms with van der Waals surface area (Å²) in [6.45, 7) is 4.76. The topological polar surface area (TPSA) is 46.5 Å². The number of carboxylic acids is 1. The quantitative estimate of drug-likeness (QED) is 0.808. The number of fused-ring (bicyclic) bond motifs is 2. The zero-order valence-corrected chi connectivity index (χ0v) is 10.1. The summed E-state index contributed by atoms with van der Waals surface area (Å²) in [6.07, 6.45) is 1.60. The summed E-state index contributed by atoms with van der Waals surface area (Å²) in [7, 11) is 0. The molecule has 1 aliphatic heterocycles. The maximum atomic E-state index is 11.2. The van der Waals surface area contributed by atoms with E-state index in [9.17, 15) is 9.90 Å². The third kappa shape index (κ3) is 1.38. The number of benzene rings is 1. The van der Waals surface area contributed by atoms with Gasteiger partial charge in [0.1, 0.15) is 5.75 Å². The molecule has 1 fully saturated rings. The van der Waals surface area contributed by atoms with Gasteiger partial charge in [0.15, 0.2) is 0 Å². The third-order valence-corrected chi connectivity index (χ3v) is 4.31. The standard InChI is InChI=1S/C14H16O3/c1-8-5-10-12(6-9(8)2)17-4-3-14(10)7-11(14)13(15)16/h5-6,11H,3-4,7H2,1-2H3,(H,15,16)/t11-,14-/m1/s1. The Kier molecular flexibility index (Phi) is 2.03. The molecule has 90 valence electrons. The molecule has 0 bridgehead atoms. The SMILES string of the molecule is Cc1cc2c(cc1C)[C@@]1(CCO2)C[C@@H]1C(=O)O. The van der Waals surface area contributed by atoms with Crippen LogP contribution in [0.15, 0.2) is 12.1 Å². The van der Waals surface area contributed by atoms with Crippen LogP contribution in [-0.4, -0.2) is 17.7 Å². The highest BCUT2D eigenvalue weighted by molar-refractivity contribution is 5.78. The molecule has 1 aromatic carbocycles. The van der Waals surface area contributed by atoms with Gasteiger partial charge in [0, 0.05) is 11.0 Å². The zero-order chi connectivity index (χ0) is 12.2. The molecule has 0 aromatic heterocycles. The van der Waals surface area contributed by atoms with Crippen molar-refractivity contribution in [2.75, 3.05) is 6.61 Å². The molecule has 1 aromatic rings. The Hall–Kier alpha value is -1.51. The molecule has 3 rings (SSSR count). The van der Waals surface area contributed by atoms with E-state index in [0.717, 1.165) is 24.2 Å². The minimum atomic E-state index is -0.670. The van der Waals surface area contributed by atoms with Crippen molar-refractivity contribution in [1.29, 1.82) is 0 Å². The molecule has 0 unspecified atom stereocenters. The van der Waals surface area contributed by atoms with Crippen LogP contribution in [0.4, 0.5) is 0 Å². The number of hydrogen-bond acceptors (Lipinski definition) is 2. The van der Waals surface area contributed by atoms with Gasteiger partial charge < -0.3 is 9.84 Å². The molecule has 2 atom stereocenters. The lowest BCUT2D eigenvalue weighted by atomic mass is 9.85. The van der Waals surface area contributed by atoms with Crippen molar-refractivity contribution >= 4 is 5.97 Å². The fourth-order valence-electron chi connectivity index (χ4n) is 2.98. The number of rotatable bonds is 1. The number of carboxylic acid groups (broad SMARTS) is 1. The Morgan fingerprint density at radius 1 is 1.41 bits per heavy atom. The highest BCUT2D eigenvalue weighted by Gasteiger charge is 2.61. The Balaban J connectivity index is 2.10.